The lowest BCUT2D eigenvalue weighted by molar-refractivity contribution is 0.308. The van der Waals surface area contributed by atoms with Crippen molar-refractivity contribution in [2.75, 3.05) is 26.7 Å². The molecule has 1 heterocycles. The summed E-state index contributed by atoms with van der Waals surface area (Å²) in [6.07, 6.45) is 0. The van der Waals surface area contributed by atoms with E-state index in [4.69, 9.17) is 4.74 Å². The zero-order valence-electron chi connectivity index (χ0n) is 10.9. The molecular formula is C12H17BrN2O3S. The fourth-order valence-electron chi connectivity index (χ4n) is 2.11. The third-order valence-corrected chi connectivity index (χ3v) is 5.45. The highest BCUT2D eigenvalue weighted by molar-refractivity contribution is 9.10. The van der Waals surface area contributed by atoms with E-state index in [0.717, 1.165) is 4.47 Å². The number of hydrogen-bond acceptors (Lipinski definition) is 4. The summed E-state index contributed by atoms with van der Waals surface area (Å²) in [6.45, 7) is 3.58. The molecule has 7 heteroatoms. The lowest BCUT2D eigenvalue weighted by Gasteiger charge is -2.31. The number of methoxy groups -OCH3 is 1. The van der Waals surface area contributed by atoms with E-state index in [9.17, 15) is 8.42 Å². The Kier molecular flexibility index (Phi) is 4.50. The van der Waals surface area contributed by atoms with Gasteiger partial charge in [-0.1, -0.05) is 15.9 Å². The van der Waals surface area contributed by atoms with Crippen LogP contribution in [0.3, 0.4) is 0 Å². The third kappa shape index (κ3) is 3.10. The van der Waals surface area contributed by atoms with Gasteiger partial charge in [-0.25, -0.2) is 8.42 Å². The van der Waals surface area contributed by atoms with E-state index in [-0.39, 0.29) is 10.9 Å². The van der Waals surface area contributed by atoms with Crippen molar-refractivity contribution in [2.45, 2.75) is 17.9 Å². The van der Waals surface area contributed by atoms with E-state index in [1.807, 2.05) is 6.92 Å². The molecule has 0 bridgehead atoms. The molecule has 1 saturated heterocycles. The van der Waals surface area contributed by atoms with E-state index in [0.29, 0.717) is 25.4 Å². The monoisotopic (exact) mass is 348 g/mol. The topological polar surface area (TPSA) is 58.6 Å². The molecular weight excluding hydrogens is 332 g/mol. The Morgan fingerprint density at radius 2 is 2.21 bits per heavy atom. The van der Waals surface area contributed by atoms with Crippen LogP contribution in [0.4, 0.5) is 0 Å². The summed E-state index contributed by atoms with van der Waals surface area (Å²) >= 11 is 3.30. The van der Waals surface area contributed by atoms with Crippen molar-refractivity contribution in [2.24, 2.45) is 0 Å². The van der Waals surface area contributed by atoms with E-state index in [2.05, 4.69) is 21.2 Å². The van der Waals surface area contributed by atoms with Crippen molar-refractivity contribution in [3.05, 3.63) is 22.7 Å². The fourth-order valence-corrected chi connectivity index (χ4v) is 4.33. The van der Waals surface area contributed by atoms with Crippen LogP contribution in [0.5, 0.6) is 5.75 Å². The molecule has 19 heavy (non-hydrogen) atoms. The summed E-state index contributed by atoms with van der Waals surface area (Å²) in [5.41, 5.74) is 0. The van der Waals surface area contributed by atoms with E-state index in [1.54, 1.807) is 18.2 Å². The number of hydrogen-bond donors (Lipinski definition) is 1. The number of benzene rings is 1. The van der Waals surface area contributed by atoms with Gasteiger partial charge < -0.3 is 10.1 Å². The van der Waals surface area contributed by atoms with Gasteiger partial charge in [-0.3, -0.25) is 0 Å². The van der Waals surface area contributed by atoms with E-state index < -0.39 is 10.0 Å². The number of nitrogens with zero attached hydrogens (tertiary/aromatic N) is 1. The van der Waals surface area contributed by atoms with Gasteiger partial charge in [0.1, 0.15) is 10.6 Å². The highest BCUT2D eigenvalue weighted by Crippen LogP contribution is 2.30. The van der Waals surface area contributed by atoms with Gasteiger partial charge in [0.25, 0.3) is 0 Å². The van der Waals surface area contributed by atoms with Crippen LogP contribution in [0.2, 0.25) is 0 Å². The first kappa shape index (κ1) is 14.8. The molecule has 106 valence electrons. The molecule has 2 rings (SSSR count). The number of rotatable bonds is 3. The Hall–Kier alpha value is -0.630. The van der Waals surface area contributed by atoms with Crippen molar-refractivity contribution in [1.82, 2.24) is 9.62 Å². The molecule has 0 saturated carbocycles. The van der Waals surface area contributed by atoms with Crippen molar-refractivity contribution in [1.29, 1.82) is 0 Å². The number of piperazine rings is 1. The quantitative estimate of drug-likeness (QED) is 0.897. The highest BCUT2D eigenvalue weighted by Gasteiger charge is 2.30. The number of nitrogens with one attached hydrogen (secondary N) is 1. The van der Waals surface area contributed by atoms with Crippen molar-refractivity contribution in [3.8, 4) is 5.75 Å². The average Bonchev–Trinajstić information content (AvgIpc) is 2.38. The van der Waals surface area contributed by atoms with Gasteiger partial charge in [0.2, 0.25) is 10.0 Å². The predicted molar refractivity (Wildman–Crippen MR) is 76.9 cm³/mol. The maximum absolute atomic E-state index is 12.7. The minimum absolute atomic E-state index is 0.154. The van der Waals surface area contributed by atoms with Crippen molar-refractivity contribution < 1.29 is 13.2 Å². The van der Waals surface area contributed by atoms with Crippen LogP contribution in [-0.2, 0) is 10.0 Å². The summed E-state index contributed by atoms with van der Waals surface area (Å²) in [4.78, 5) is 0.207. The molecule has 1 N–H and O–H groups in total. The third-order valence-electron chi connectivity index (χ3n) is 3.07. The molecule has 5 nitrogen and oxygen atoms in total. The molecule has 0 spiro atoms. The first-order chi connectivity index (χ1) is 8.95. The lowest BCUT2D eigenvalue weighted by atomic mass is 10.3. The van der Waals surface area contributed by atoms with Crippen LogP contribution in [0.1, 0.15) is 6.92 Å². The molecule has 1 aliphatic heterocycles. The number of sulfonamides is 1. The zero-order chi connectivity index (χ0) is 14.0. The average molecular weight is 349 g/mol. The molecule has 1 fully saturated rings. The lowest BCUT2D eigenvalue weighted by Crippen LogP contribution is -2.51. The Morgan fingerprint density at radius 3 is 2.84 bits per heavy atom. The Morgan fingerprint density at radius 1 is 1.47 bits per heavy atom. The Bertz CT molecular complexity index is 562. The van der Waals surface area contributed by atoms with Gasteiger partial charge in [-0.15, -0.1) is 0 Å². The molecule has 0 amide bonds. The first-order valence-electron chi connectivity index (χ1n) is 6.02. The minimum Gasteiger partial charge on any atom is -0.495 e. The maximum atomic E-state index is 12.7. The van der Waals surface area contributed by atoms with Gasteiger partial charge in [-0.05, 0) is 25.1 Å². The molecule has 1 aromatic carbocycles. The largest absolute Gasteiger partial charge is 0.495 e. The smallest absolute Gasteiger partial charge is 0.246 e. The summed E-state index contributed by atoms with van der Waals surface area (Å²) in [6, 6.07) is 5.16. The van der Waals surface area contributed by atoms with Crippen LogP contribution >= 0.6 is 15.9 Å². The van der Waals surface area contributed by atoms with Crippen molar-refractivity contribution in [3.63, 3.8) is 0 Å². The molecule has 1 aliphatic rings. The van der Waals surface area contributed by atoms with Crippen LogP contribution < -0.4 is 10.1 Å². The van der Waals surface area contributed by atoms with Gasteiger partial charge in [0.15, 0.2) is 0 Å². The molecule has 1 aromatic rings. The second-order valence-corrected chi connectivity index (χ2v) is 7.34. The van der Waals surface area contributed by atoms with Crippen LogP contribution in [-0.4, -0.2) is 45.5 Å². The molecule has 0 aliphatic carbocycles. The summed E-state index contributed by atoms with van der Waals surface area (Å²) in [5.74, 6) is 0.370. The van der Waals surface area contributed by atoms with Crippen molar-refractivity contribution >= 4 is 26.0 Å². The molecule has 1 unspecified atom stereocenters. The molecule has 0 radical (unpaired) electrons. The second kappa shape index (κ2) is 5.78. The molecule has 0 aromatic heterocycles. The normalized spacial score (nSPS) is 21.3. The Balaban J connectivity index is 2.41. The van der Waals surface area contributed by atoms with E-state index in [1.165, 1.54) is 11.4 Å². The van der Waals surface area contributed by atoms with Crippen LogP contribution in [0, 0.1) is 0 Å². The molecule has 1 atom stereocenters. The SMILES string of the molecule is COc1ccc(Br)cc1S(=O)(=O)N1CCNC(C)C1. The second-order valence-electron chi connectivity index (χ2n) is 4.51. The van der Waals surface area contributed by atoms with Gasteiger partial charge in [-0.2, -0.15) is 4.31 Å². The first-order valence-corrected chi connectivity index (χ1v) is 8.25. The van der Waals surface area contributed by atoms with Gasteiger partial charge in [0, 0.05) is 30.1 Å². The number of ether oxygens (including phenoxy) is 1. The van der Waals surface area contributed by atoms with E-state index >= 15 is 0 Å². The summed E-state index contributed by atoms with van der Waals surface area (Å²) in [5, 5.41) is 3.23. The Labute approximate surface area is 122 Å². The van der Waals surface area contributed by atoms with Gasteiger partial charge in [0.05, 0.1) is 7.11 Å². The summed E-state index contributed by atoms with van der Waals surface area (Å²) in [7, 11) is -2.05. The minimum atomic E-state index is -3.52. The predicted octanol–water partition coefficient (Wildman–Crippen LogP) is 1.44. The van der Waals surface area contributed by atoms with Crippen LogP contribution in [0.15, 0.2) is 27.6 Å². The van der Waals surface area contributed by atoms with Crippen LogP contribution in [0.25, 0.3) is 0 Å². The fraction of sp³-hybridized carbons (Fsp3) is 0.500. The summed E-state index contributed by atoms with van der Waals surface area (Å²) < 4.78 is 32.7. The highest BCUT2D eigenvalue weighted by atomic mass is 79.9. The standard InChI is InChI=1S/C12H17BrN2O3S/c1-9-8-15(6-5-14-9)19(16,17)12-7-10(13)3-4-11(12)18-2/h3-4,7,9,14H,5-6,8H2,1-2H3. The maximum Gasteiger partial charge on any atom is 0.246 e. The zero-order valence-corrected chi connectivity index (χ0v) is 13.3. The number of halogens is 1. The van der Waals surface area contributed by atoms with Gasteiger partial charge >= 0.3 is 0 Å².